The monoisotopic (exact) mass is 495 g/mol. The first-order valence-corrected chi connectivity index (χ1v) is 11.3. The van der Waals surface area contributed by atoms with Crippen molar-refractivity contribution in [2.24, 2.45) is 5.84 Å². The number of rotatable bonds is 5. The fourth-order valence-electron chi connectivity index (χ4n) is 3.88. The van der Waals surface area contributed by atoms with Crippen LogP contribution in [0.3, 0.4) is 0 Å². The molecular formula is C22H24Cl2FN5O3. The Labute approximate surface area is 200 Å². The van der Waals surface area contributed by atoms with E-state index in [0.717, 1.165) is 32.4 Å². The van der Waals surface area contributed by atoms with Gasteiger partial charge >= 0.3 is 6.03 Å². The minimum atomic E-state index is -0.622. The Kier molecular flexibility index (Phi) is 7.35. The Hall–Kier alpha value is -2.43. The molecular weight excluding hydrogens is 472 g/mol. The molecule has 2 aliphatic heterocycles. The predicted octanol–water partition coefficient (Wildman–Crippen LogP) is 2.88. The lowest BCUT2D eigenvalue weighted by atomic mass is 10.1. The lowest BCUT2D eigenvalue weighted by Gasteiger charge is -2.43. The summed E-state index contributed by atoms with van der Waals surface area (Å²) < 4.78 is 20.1. The van der Waals surface area contributed by atoms with Gasteiger partial charge in [-0.25, -0.2) is 15.0 Å². The van der Waals surface area contributed by atoms with E-state index in [4.69, 9.17) is 33.8 Å². The second-order valence-electron chi connectivity index (χ2n) is 7.96. The summed E-state index contributed by atoms with van der Waals surface area (Å²) in [6.45, 7) is 3.97. The van der Waals surface area contributed by atoms with E-state index < -0.39 is 11.7 Å². The summed E-state index contributed by atoms with van der Waals surface area (Å²) in [6, 6.07) is 9.00. The highest BCUT2D eigenvalue weighted by Gasteiger charge is 2.32. The summed E-state index contributed by atoms with van der Waals surface area (Å²) in [5.74, 6) is 3.90. The molecule has 33 heavy (non-hydrogen) atoms. The number of nitrogens with zero attached hydrogens (tertiary/aromatic N) is 3. The Morgan fingerprint density at radius 2 is 1.82 bits per heavy atom. The molecule has 2 aromatic carbocycles. The van der Waals surface area contributed by atoms with Crippen LogP contribution < -0.4 is 16.2 Å². The smallest absolute Gasteiger partial charge is 0.324 e. The largest absolute Gasteiger partial charge is 0.378 e. The quantitative estimate of drug-likeness (QED) is 0.378. The standard InChI is InChI=1S/C22H24Cl2FN5O3/c23-18-4-3-16(10-19(18)24)30(11-15-2-1-14(9-20(15)25)21(31)27-26)22(32)29-7-5-28(6-8-29)17-12-33-13-17/h1-4,9-10,17H,5-8,11-13,26H2,(H,27,31). The minimum absolute atomic E-state index is 0.0518. The van der Waals surface area contributed by atoms with Gasteiger partial charge in [0.05, 0.1) is 35.8 Å². The average Bonchev–Trinajstić information content (AvgIpc) is 2.78. The maximum atomic E-state index is 14.8. The van der Waals surface area contributed by atoms with Crippen LogP contribution in [-0.4, -0.2) is 67.2 Å². The molecule has 2 aliphatic rings. The summed E-state index contributed by atoms with van der Waals surface area (Å²) >= 11 is 12.3. The van der Waals surface area contributed by atoms with Gasteiger partial charge in [-0.1, -0.05) is 29.3 Å². The average molecular weight is 496 g/mol. The van der Waals surface area contributed by atoms with Crippen LogP contribution in [0.15, 0.2) is 36.4 Å². The summed E-state index contributed by atoms with van der Waals surface area (Å²) in [5.41, 5.74) is 2.79. The third-order valence-corrected chi connectivity index (χ3v) is 6.68. The Morgan fingerprint density at radius 1 is 1.09 bits per heavy atom. The zero-order chi connectivity index (χ0) is 23.5. The highest BCUT2D eigenvalue weighted by atomic mass is 35.5. The third-order valence-electron chi connectivity index (χ3n) is 5.94. The predicted molar refractivity (Wildman–Crippen MR) is 124 cm³/mol. The molecule has 0 spiro atoms. The fraction of sp³-hybridized carbons (Fsp3) is 0.364. The van der Waals surface area contributed by atoms with Crippen molar-refractivity contribution in [3.63, 3.8) is 0 Å². The van der Waals surface area contributed by atoms with Crippen molar-refractivity contribution < 1.29 is 18.7 Å². The number of nitrogens with one attached hydrogen (secondary N) is 1. The maximum absolute atomic E-state index is 14.8. The van der Waals surface area contributed by atoms with Crippen molar-refractivity contribution >= 4 is 40.8 Å². The van der Waals surface area contributed by atoms with Crippen molar-refractivity contribution in [3.05, 3.63) is 63.4 Å². The molecule has 8 nitrogen and oxygen atoms in total. The van der Waals surface area contributed by atoms with E-state index in [1.807, 2.05) is 5.43 Å². The number of ether oxygens (including phenoxy) is 1. The molecule has 176 valence electrons. The molecule has 3 amide bonds. The van der Waals surface area contributed by atoms with E-state index in [-0.39, 0.29) is 28.7 Å². The van der Waals surface area contributed by atoms with E-state index in [1.54, 1.807) is 23.1 Å². The number of nitrogen functional groups attached to an aromatic ring is 1. The maximum Gasteiger partial charge on any atom is 0.324 e. The van der Waals surface area contributed by atoms with Crippen LogP contribution in [0.4, 0.5) is 14.9 Å². The molecule has 0 unspecified atom stereocenters. The van der Waals surface area contributed by atoms with Crippen LogP contribution in [0.1, 0.15) is 15.9 Å². The van der Waals surface area contributed by atoms with Crippen LogP contribution in [0.25, 0.3) is 0 Å². The van der Waals surface area contributed by atoms with E-state index >= 15 is 0 Å². The first kappa shape index (κ1) is 23.7. The molecule has 2 fully saturated rings. The van der Waals surface area contributed by atoms with Crippen molar-refractivity contribution in [2.75, 3.05) is 44.3 Å². The van der Waals surface area contributed by atoms with Crippen molar-refractivity contribution in [1.29, 1.82) is 0 Å². The number of hydrogen-bond acceptors (Lipinski definition) is 5. The molecule has 2 heterocycles. The van der Waals surface area contributed by atoms with Gasteiger partial charge < -0.3 is 9.64 Å². The molecule has 0 radical (unpaired) electrons. The molecule has 2 saturated heterocycles. The summed E-state index contributed by atoms with van der Waals surface area (Å²) in [5, 5.41) is 0.643. The lowest BCUT2D eigenvalue weighted by molar-refractivity contribution is -0.0738. The zero-order valence-electron chi connectivity index (χ0n) is 17.8. The van der Waals surface area contributed by atoms with Gasteiger partial charge in [0.1, 0.15) is 5.82 Å². The van der Waals surface area contributed by atoms with E-state index in [1.165, 1.54) is 17.0 Å². The van der Waals surface area contributed by atoms with Gasteiger partial charge in [-0.3, -0.25) is 20.0 Å². The van der Waals surface area contributed by atoms with Crippen molar-refractivity contribution in [3.8, 4) is 0 Å². The second kappa shape index (κ2) is 10.2. The van der Waals surface area contributed by atoms with Gasteiger partial charge in [0, 0.05) is 43.0 Å². The number of anilines is 1. The lowest BCUT2D eigenvalue weighted by Crippen LogP contribution is -2.59. The highest BCUT2D eigenvalue weighted by molar-refractivity contribution is 6.42. The van der Waals surface area contributed by atoms with Crippen LogP contribution in [0.2, 0.25) is 10.0 Å². The number of carbonyl (C=O) groups is 2. The number of amides is 3. The Morgan fingerprint density at radius 3 is 2.39 bits per heavy atom. The Bertz CT molecular complexity index is 1040. The summed E-state index contributed by atoms with van der Waals surface area (Å²) in [6.07, 6.45) is 0. The van der Waals surface area contributed by atoms with Crippen molar-refractivity contribution in [1.82, 2.24) is 15.2 Å². The molecule has 3 N–H and O–H groups in total. The van der Waals surface area contributed by atoms with Crippen LogP contribution in [-0.2, 0) is 11.3 Å². The van der Waals surface area contributed by atoms with Gasteiger partial charge in [-0.2, -0.15) is 0 Å². The van der Waals surface area contributed by atoms with Gasteiger partial charge in [0.25, 0.3) is 5.91 Å². The van der Waals surface area contributed by atoms with E-state index in [9.17, 15) is 14.0 Å². The number of piperazine rings is 1. The number of hydrazine groups is 1. The van der Waals surface area contributed by atoms with E-state index in [2.05, 4.69) is 4.90 Å². The first-order valence-electron chi connectivity index (χ1n) is 10.5. The molecule has 11 heteroatoms. The molecule has 0 atom stereocenters. The van der Waals surface area contributed by atoms with Gasteiger partial charge in [-0.15, -0.1) is 0 Å². The van der Waals surface area contributed by atoms with Crippen LogP contribution in [0, 0.1) is 5.82 Å². The molecule has 0 aromatic heterocycles. The number of benzene rings is 2. The highest BCUT2D eigenvalue weighted by Crippen LogP contribution is 2.29. The number of urea groups is 1. The van der Waals surface area contributed by atoms with Crippen molar-refractivity contribution in [2.45, 2.75) is 12.6 Å². The fourth-order valence-corrected chi connectivity index (χ4v) is 4.17. The molecule has 4 rings (SSSR count). The van der Waals surface area contributed by atoms with Crippen LogP contribution in [0.5, 0.6) is 0 Å². The number of hydrogen-bond donors (Lipinski definition) is 2. The van der Waals surface area contributed by atoms with E-state index in [0.29, 0.717) is 29.8 Å². The van der Waals surface area contributed by atoms with Gasteiger partial charge in [0.15, 0.2) is 0 Å². The molecule has 2 aromatic rings. The second-order valence-corrected chi connectivity index (χ2v) is 8.78. The Balaban J connectivity index is 1.56. The first-order chi connectivity index (χ1) is 15.9. The topological polar surface area (TPSA) is 91.1 Å². The molecule has 0 saturated carbocycles. The zero-order valence-corrected chi connectivity index (χ0v) is 19.3. The normalized spacial score (nSPS) is 16.9. The van der Waals surface area contributed by atoms with Crippen LogP contribution >= 0.6 is 23.2 Å². The van der Waals surface area contributed by atoms with Gasteiger partial charge in [-0.05, 0) is 30.3 Å². The summed E-state index contributed by atoms with van der Waals surface area (Å²) in [7, 11) is 0. The minimum Gasteiger partial charge on any atom is -0.378 e. The third kappa shape index (κ3) is 5.23. The molecule has 0 aliphatic carbocycles. The molecule has 0 bridgehead atoms. The SMILES string of the molecule is NNC(=O)c1ccc(CN(C(=O)N2CCN(C3COC3)CC2)c2ccc(Cl)c(Cl)c2)c(F)c1. The number of halogens is 3. The van der Waals surface area contributed by atoms with Gasteiger partial charge in [0.2, 0.25) is 0 Å². The summed E-state index contributed by atoms with van der Waals surface area (Å²) in [4.78, 5) is 30.7. The number of carbonyl (C=O) groups excluding carboxylic acids is 2. The number of nitrogens with two attached hydrogens (primary N) is 1.